The third-order valence-electron chi connectivity index (χ3n) is 3.92. The van der Waals surface area contributed by atoms with E-state index in [1.54, 1.807) is 27.0 Å². The van der Waals surface area contributed by atoms with Crippen molar-refractivity contribution < 1.29 is 16.8 Å². The van der Waals surface area contributed by atoms with Gasteiger partial charge in [0.2, 0.25) is 5.95 Å². The van der Waals surface area contributed by atoms with Crippen LogP contribution in [0.1, 0.15) is 11.4 Å². The van der Waals surface area contributed by atoms with Gasteiger partial charge in [-0.3, -0.25) is 9.40 Å². The van der Waals surface area contributed by atoms with Crippen molar-refractivity contribution >= 4 is 31.7 Å². The third-order valence-corrected chi connectivity index (χ3v) is 6.90. The maximum absolute atomic E-state index is 12.7. The molecule has 2 aromatic heterocycles. The summed E-state index contributed by atoms with van der Waals surface area (Å²) in [7, 11) is -6.11. The van der Waals surface area contributed by atoms with Crippen LogP contribution in [0.2, 0.25) is 0 Å². The van der Waals surface area contributed by atoms with Gasteiger partial charge in [-0.15, -0.1) is 0 Å². The van der Waals surface area contributed by atoms with E-state index in [1.165, 1.54) is 41.3 Å². The Morgan fingerprint density at radius 3 is 2.04 bits per heavy atom. The van der Waals surface area contributed by atoms with Crippen molar-refractivity contribution in [1.82, 2.24) is 19.7 Å². The summed E-state index contributed by atoms with van der Waals surface area (Å²) in [4.78, 5) is 7.65. The molecule has 0 radical (unpaired) electrons. The molecule has 0 fully saturated rings. The second-order valence-electron chi connectivity index (χ2n) is 5.93. The van der Waals surface area contributed by atoms with Crippen molar-refractivity contribution in [2.75, 3.05) is 9.44 Å². The fourth-order valence-electron chi connectivity index (χ4n) is 2.58. The Balaban J connectivity index is 1.83. The Labute approximate surface area is 162 Å². The number of rotatable bonds is 6. The smallest absolute Gasteiger partial charge is 0.265 e. The molecule has 28 heavy (non-hydrogen) atoms. The van der Waals surface area contributed by atoms with Crippen molar-refractivity contribution in [2.45, 2.75) is 23.6 Å². The molecule has 0 saturated heterocycles. The average molecular weight is 422 g/mol. The van der Waals surface area contributed by atoms with Crippen LogP contribution in [0.4, 0.5) is 11.6 Å². The lowest BCUT2D eigenvalue weighted by Crippen LogP contribution is -2.16. The number of hydrogen-bond donors (Lipinski definition) is 2. The molecule has 12 heteroatoms. The highest BCUT2D eigenvalue weighted by atomic mass is 32.2. The van der Waals surface area contributed by atoms with E-state index < -0.39 is 20.0 Å². The van der Waals surface area contributed by atoms with E-state index in [0.717, 1.165) is 0 Å². The average Bonchev–Trinajstić information content (AvgIpc) is 2.88. The Morgan fingerprint density at radius 2 is 1.50 bits per heavy atom. The lowest BCUT2D eigenvalue weighted by molar-refractivity contribution is 0.599. The minimum atomic E-state index is -3.90. The van der Waals surface area contributed by atoms with Crippen LogP contribution >= 0.6 is 0 Å². The Hall–Kier alpha value is -2.99. The van der Waals surface area contributed by atoms with Crippen LogP contribution in [0.15, 0.2) is 52.5 Å². The fourth-order valence-corrected chi connectivity index (χ4v) is 5.04. The minimum Gasteiger partial charge on any atom is -0.280 e. The van der Waals surface area contributed by atoms with Crippen LogP contribution in [0.5, 0.6) is 0 Å². The Morgan fingerprint density at radius 1 is 0.893 bits per heavy atom. The number of benzene rings is 1. The van der Waals surface area contributed by atoms with Gasteiger partial charge in [0.05, 0.1) is 16.3 Å². The molecule has 0 atom stereocenters. The molecule has 3 rings (SSSR count). The molecule has 2 N–H and O–H groups in total. The molecule has 0 aliphatic heterocycles. The van der Waals surface area contributed by atoms with Crippen LogP contribution in [0.3, 0.4) is 0 Å². The highest BCUT2D eigenvalue weighted by molar-refractivity contribution is 7.93. The highest BCUT2D eigenvalue weighted by Crippen LogP contribution is 2.23. The zero-order chi connectivity index (χ0) is 20.5. The summed E-state index contributed by atoms with van der Waals surface area (Å²) in [6.07, 6.45) is 2.82. The van der Waals surface area contributed by atoms with E-state index in [4.69, 9.17) is 0 Å². The van der Waals surface area contributed by atoms with E-state index in [2.05, 4.69) is 24.5 Å². The van der Waals surface area contributed by atoms with E-state index in [1.807, 2.05) is 0 Å². The maximum atomic E-state index is 12.7. The van der Waals surface area contributed by atoms with E-state index in [0.29, 0.717) is 11.4 Å². The van der Waals surface area contributed by atoms with E-state index in [-0.39, 0.29) is 21.4 Å². The van der Waals surface area contributed by atoms with Crippen molar-refractivity contribution in [3.8, 4) is 0 Å². The predicted molar refractivity (Wildman–Crippen MR) is 103 cm³/mol. The second-order valence-corrected chi connectivity index (χ2v) is 9.23. The summed E-state index contributed by atoms with van der Waals surface area (Å²) in [6.45, 7) is 3.26. The molecule has 0 amide bonds. The van der Waals surface area contributed by atoms with Crippen molar-refractivity contribution in [3.05, 3.63) is 54.1 Å². The SMILES string of the molecule is Cc1nn(C)c(C)c1S(=O)(=O)Nc1ccc(S(=O)(=O)Nc2ncccn2)cc1. The molecule has 0 saturated carbocycles. The first-order valence-electron chi connectivity index (χ1n) is 8.03. The topological polar surface area (TPSA) is 136 Å². The molecule has 0 bridgehead atoms. The Bertz CT molecular complexity index is 1200. The van der Waals surface area contributed by atoms with Gasteiger partial charge < -0.3 is 0 Å². The summed E-state index contributed by atoms with van der Waals surface area (Å²) in [5.74, 6) is -0.0604. The lowest BCUT2D eigenvalue weighted by Gasteiger charge is -2.10. The molecule has 148 valence electrons. The van der Waals surface area contributed by atoms with Crippen LogP contribution in [-0.4, -0.2) is 36.6 Å². The maximum Gasteiger partial charge on any atom is 0.265 e. The van der Waals surface area contributed by atoms with Crippen molar-refractivity contribution in [3.63, 3.8) is 0 Å². The van der Waals surface area contributed by atoms with Gasteiger partial charge in [-0.25, -0.2) is 31.5 Å². The van der Waals surface area contributed by atoms with Crippen LogP contribution in [-0.2, 0) is 27.1 Å². The number of hydrogen-bond acceptors (Lipinski definition) is 7. The fraction of sp³-hybridized carbons (Fsp3) is 0.188. The van der Waals surface area contributed by atoms with Gasteiger partial charge in [-0.1, -0.05) is 0 Å². The number of sulfonamides is 2. The van der Waals surface area contributed by atoms with Crippen LogP contribution in [0.25, 0.3) is 0 Å². The molecule has 3 aromatic rings. The second kappa shape index (κ2) is 7.20. The lowest BCUT2D eigenvalue weighted by atomic mass is 10.3. The number of nitrogens with one attached hydrogen (secondary N) is 2. The van der Waals surface area contributed by atoms with Gasteiger partial charge in [-0.2, -0.15) is 5.10 Å². The monoisotopic (exact) mass is 422 g/mol. The Kier molecular flexibility index (Phi) is 5.08. The van der Waals surface area contributed by atoms with Gasteiger partial charge >= 0.3 is 0 Å². The molecule has 0 aliphatic rings. The first-order valence-corrected chi connectivity index (χ1v) is 11.0. The van der Waals surface area contributed by atoms with E-state index >= 15 is 0 Å². The van der Waals surface area contributed by atoms with Crippen molar-refractivity contribution in [1.29, 1.82) is 0 Å². The number of aromatic nitrogens is 4. The van der Waals surface area contributed by atoms with Crippen LogP contribution < -0.4 is 9.44 Å². The largest absolute Gasteiger partial charge is 0.280 e. The molecule has 0 spiro atoms. The zero-order valence-corrected chi connectivity index (χ0v) is 16.9. The van der Waals surface area contributed by atoms with E-state index in [9.17, 15) is 16.8 Å². The normalized spacial score (nSPS) is 12.0. The number of anilines is 2. The molecule has 2 heterocycles. The summed E-state index contributed by atoms with van der Waals surface area (Å²) in [5.41, 5.74) is 1.09. The quantitative estimate of drug-likeness (QED) is 0.613. The van der Waals surface area contributed by atoms with Gasteiger partial charge in [-0.05, 0) is 44.2 Å². The summed E-state index contributed by atoms with van der Waals surface area (Å²) in [5, 5.41) is 4.10. The molecular formula is C16H18N6O4S2. The van der Waals surface area contributed by atoms with Gasteiger partial charge in [0.25, 0.3) is 20.0 Å². The standard InChI is InChI=1S/C16H18N6O4S2/c1-11-15(12(2)22(3)19-11)28(25,26)20-13-5-7-14(8-6-13)27(23,24)21-16-17-9-4-10-18-16/h4-10,20H,1-3H3,(H,17,18,21). The summed E-state index contributed by atoms with van der Waals surface area (Å²) < 4.78 is 56.2. The molecule has 0 aliphatic carbocycles. The molecule has 10 nitrogen and oxygen atoms in total. The number of nitrogens with zero attached hydrogens (tertiary/aromatic N) is 4. The third kappa shape index (κ3) is 3.97. The van der Waals surface area contributed by atoms with Gasteiger partial charge in [0.15, 0.2) is 0 Å². The highest BCUT2D eigenvalue weighted by Gasteiger charge is 2.24. The zero-order valence-electron chi connectivity index (χ0n) is 15.3. The summed E-state index contributed by atoms with van der Waals surface area (Å²) in [6, 6.07) is 6.85. The number of aryl methyl sites for hydroxylation is 2. The minimum absolute atomic E-state index is 0.0587. The first-order chi connectivity index (χ1) is 13.1. The first kappa shape index (κ1) is 19.8. The van der Waals surface area contributed by atoms with Crippen molar-refractivity contribution in [2.24, 2.45) is 7.05 Å². The predicted octanol–water partition coefficient (Wildman–Crippen LogP) is 1.43. The van der Waals surface area contributed by atoms with Crippen LogP contribution in [0, 0.1) is 13.8 Å². The summed E-state index contributed by atoms with van der Waals surface area (Å²) >= 11 is 0. The van der Waals surface area contributed by atoms with Gasteiger partial charge in [0, 0.05) is 25.1 Å². The molecule has 1 aromatic carbocycles. The van der Waals surface area contributed by atoms with Gasteiger partial charge in [0.1, 0.15) is 4.90 Å². The molecular weight excluding hydrogens is 404 g/mol. The molecule has 0 unspecified atom stereocenters.